The van der Waals surface area contributed by atoms with Crippen LogP contribution in [0.3, 0.4) is 0 Å². The molecule has 6 nitrogen and oxygen atoms in total. The number of carbonyl (C=O) groups excluding carboxylic acids is 1. The molecule has 25 heavy (non-hydrogen) atoms. The molecule has 1 aliphatic rings. The van der Waals surface area contributed by atoms with Crippen molar-refractivity contribution in [3.63, 3.8) is 0 Å². The zero-order valence-corrected chi connectivity index (χ0v) is 16.0. The van der Waals surface area contributed by atoms with Gasteiger partial charge in [0.05, 0.1) is 19.3 Å². The van der Waals surface area contributed by atoms with Gasteiger partial charge in [0, 0.05) is 25.0 Å². The quantitative estimate of drug-likeness (QED) is 0.885. The van der Waals surface area contributed by atoms with Crippen LogP contribution in [0.5, 0.6) is 0 Å². The molecule has 1 amide bonds. The number of nitrogens with zero attached hydrogens (tertiary/aromatic N) is 2. The molecular formula is C19H31N3O3. The van der Waals surface area contributed by atoms with Crippen LogP contribution in [0.15, 0.2) is 18.5 Å². The summed E-state index contributed by atoms with van der Waals surface area (Å²) in [7, 11) is 0. The first-order valence-corrected chi connectivity index (χ1v) is 8.98. The van der Waals surface area contributed by atoms with E-state index in [0.717, 1.165) is 13.0 Å². The second-order valence-electron chi connectivity index (χ2n) is 7.63. The molecule has 140 valence electrons. The summed E-state index contributed by atoms with van der Waals surface area (Å²) in [6, 6.07) is 2.22. The van der Waals surface area contributed by atoms with Crippen LogP contribution in [0.25, 0.3) is 0 Å². The largest absolute Gasteiger partial charge is 0.444 e. The van der Waals surface area contributed by atoms with E-state index >= 15 is 0 Å². The van der Waals surface area contributed by atoms with Crippen LogP contribution >= 0.6 is 0 Å². The SMILES string of the molecule is Cc1cnccc1CCN[C@@H](C)[C@H]1CN(C(=O)OC(C)(C)C)CCO1. The van der Waals surface area contributed by atoms with Crippen LogP contribution in [0, 0.1) is 6.92 Å². The number of hydrogen-bond donors (Lipinski definition) is 1. The number of pyridine rings is 1. The highest BCUT2D eigenvalue weighted by Crippen LogP contribution is 2.15. The molecule has 1 aliphatic heterocycles. The molecule has 1 fully saturated rings. The topological polar surface area (TPSA) is 63.7 Å². The highest BCUT2D eigenvalue weighted by molar-refractivity contribution is 5.68. The Morgan fingerprint density at radius 3 is 2.96 bits per heavy atom. The van der Waals surface area contributed by atoms with E-state index < -0.39 is 5.60 Å². The fourth-order valence-electron chi connectivity index (χ4n) is 2.82. The van der Waals surface area contributed by atoms with Crippen molar-refractivity contribution < 1.29 is 14.3 Å². The Kier molecular flexibility index (Phi) is 6.79. The van der Waals surface area contributed by atoms with Gasteiger partial charge < -0.3 is 19.7 Å². The number of ether oxygens (including phenoxy) is 2. The molecule has 2 atom stereocenters. The van der Waals surface area contributed by atoms with Gasteiger partial charge in [-0.25, -0.2) is 4.79 Å². The number of rotatable bonds is 5. The van der Waals surface area contributed by atoms with Crippen molar-refractivity contribution >= 4 is 6.09 Å². The van der Waals surface area contributed by atoms with E-state index in [4.69, 9.17) is 9.47 Å². The molecule has 0 radical (unpaired) electrons. The Labute approximate surface area is 150 Å². The van der Waals surface area contributed by atoms with E-state index in [-0.39, 0.29) is 18.2 Å². The third kappa shape index (κ3) is 6.29. The fourth-order valence-corrected chi connectivity index (χ4v) is 2.82. The molecule has 0 saturated carbocycles. The summed E-state index contributed by atoms with van der Waals surface area (Å²) >= 11 is 0. The Morgan fingerprint density at radius 2 is 2.28 bits per heavy atom. The highest BCUT2D eigenvalue weighted by Gasteiger charge is 2.30. The maximum Gasteiger partial charge on any atom is 0.410 e. The molecule has 1 aromatic heterocycles. The third-order valence-corrected chi connectivity index (χ3v) is 4.30. The van der Waals surface area contributed by atoms with Gasteiger partial charge in [-0.15, -0.1) is 0 Å². The number of aromatic nitrogens is 1. The summed E-state index contributed by atoms with van der Waals surface area (Å²) in [6.07, 6.45) is 4.37. The number of amides is 1. The average Bonchev–Trinajstić information content (AvgIpc) is 2.55. The van der Waals surface area contributed by atoms with Crippen LogP contribution < -0.4 is 5.32 Å². The summed E-state index contributed by atoms with van der Waals surface area (Å²) < 4.78 is 11.3. The molecular weight excluding hydrogens is 318 g/mol. The molecule has 0 aromatic carbocycles. The summed E-state index contributed by atoms with van der Waals surface area (Å²) in [4.78, 5) is 18.1. The summed E-state index contributed by atoms with van der Waals surface area (Å²) in [5.41, 5.74) is 2.04. The van der Waals surface area contributed by atoms with Gasteiger partial charge in [-0.05, 0) is 64.8 Å². The van der Waals surface area contributed by atoms with E-state index in [1.54, 1.807) is 4.90 Å². The third-order valence-electron chi connectivity index (χ3n) is 4.30. The maximum atomic E-state index is 12.2. The molecule has 1 aromatic rings. The molecule has 0 spiro atoms. The predicted octanol–water partition coefficient (Wildman–Crippen LogP) is 2.55. The Morgan fingerprint density at radius 1 is 1.52 bits per heavy atom. The van der Waals surface area contributed by atoms with Crippen LogP contribution in [-0.4, -0.2) is 60.0 Å². The molecule has 6 heteroatoms. The second kappa shape index (κ2) is 8.63. The molecule has 1 saturated heterocycles. The van der Waals surface area contributed by atoms with E-state index in [9.17, 15) is 4.79 Å². The lowest BCUT2D eigenvalue weighted by Gasteiger charge is -2.36. The Hall–Kier alpha value is -1.66. The number of nitrogens with one attached hydrogen (secondary N) is 1. The van der Waals surface area contributed by atoms with Gasteiger partial charge in [0.15, 0.2) is 0 Å². The smallest absolute Gasteiger partial charge is 0.410 e. The first-order chi connectivity index (χ1) is 11.8. The van der Waals surface area contributed by atoms with Crippen molar-refractivity contribution in [3.05, 3.63) is 29.6 Å². The normalized spacial score (nSPS) is 19.6. The lowest BCUT2D eigenvalue weighted by Crippen LogP contribution is -2.53. The number of hydrogen-bond acceptors (Lipinski definition) is 5. The van der Waals surface area contributed by atoms with Gasteiger partial charge in [-0.3, -0.25) is 4.98 Å². The van der Waals surface area contributed by atoms with Crippen molar-refractivity contribution in [1.29, 1.82) is 0 Å². The van der Waals surface area contributed by atoms with Crippen molar-refractivity contribution in [2.45, 2.75) is 58.8 Å². The maximum absolute atomic E-state index is 12.2. The first-order valence-electron chi connectivity index (χ1n) is 8.98. The van der Waals surface area contributed by atoms with E-state index in [0.29, 0.717) is 19.7 Å². The second-order valence-corrected chi connectivity index (χ2v) is 7.63. The standard InChI is InChI=1S/C19H31N3O3/c1-14-12-20-8-6-16(14)7-9-21-15(2)17-13-22(10-11-24-17)18(23)25-19(3,4)5/h6,8,12,15,17,21H,7,9-11,13H2,1-5H3/t15-,17+/m0/s1. The monoisotopic (exact) mass is 349 g/mol. The molecule has 0 unspecified atom stereocenters. The van der Waals surface area contributed by atoms with Gasteiger partial charge in [-0.2, -0.15) is 0 Å². The minimum atomic E-state index is -0.475. The zero-order valence-electron chi connectivity index (χ0n) is 16.0. The number of morpholine rings is 1. The van der Waals surface area contributed by atoms with E-state index in [2.05, 4.69) is 30.2 Å². The first kappa shape index (κ1) is 19.7. The van der Waals surface area contributed by atoms with E-state index in [1.165, 1.54) is 11.1 Å². The van der Waals surface area contributed by atoms with Gasteiger partial charge in [0.25, 0.3) is 0 Å². The highest BCUT2D eigenvalue weighted by atomic mass is 16.6. The molecule has 1 N–H and O–H groups in total. The summed E-state index contributed by atoms with van der Waals surface area (Å²) in [5, 5.41) is 3.51. The van der Waals surface area contributed by atoms with Gasteiger partial charge in [0.1, 0.15) is 5.60 Å². The Balaban J connectivity index is 1.80. The molecule has 2 heterocycles. The minimum Gasteiger partial charge on any atom is -0.444 e. The Bertz CT molecular complexity index is 571. The van der Waals surface area contributed by atoms with Crippen molar-refractivity contribution in [2.24, 2.45) is 0 Å². The van der Waals surface area contributed by atoms with Crippen LogP contribution in [0.1, 0.15) is 38.8 Å². The van der Waals surface area contributed by atoms with E-state index in [1.807, 2.05) is 33.2 Å². The van der Waals surface area contributed by atoms with Crippen molar-refractivity contribution in [1.82, 2.24) is 15.2 Å². The van der Waals surface area contributed by atoms with Gasteiger partial charge >= 0.3 is 6.09 Å². The molecule has 2 rings (SSSR count). The lowest BCUT2D eigenvalue weighted by atomic mass is 10.1. The van der Waals surface area contributed by atoms with Crippen molar-refractivity contribution in [2.75, 3.05) is 26.2 Å². The fraction of sp³-hybridized carbons (Fsp3) is 0.684. The van der Waals surface area contributed by atoms with Gasteiger partial charge in [-0.1, -0.05) is 0 Å². The lowest BCUT2D eigenvalue weighted by molar-refractivity contribution is -0.0524. The number of aryl methyl sites for hydroxylation is 1. The molecule has 0 bridgehead atoms. The molecule has 0 aliphatic carbocycles. The average molecular weight is 349 g/mol. The zero-order chi connectivity index (χ0) is 18.4. The van der Waals surface area contributed by atoms with Crippen LogP contribution in [-0.2, 0) is 15.9 Å². The van der Waals surface area contributed by atoms with Crippen molar-refractivity contribution in [3.8, 4) is 0 Å². The summed E-state index contributed by atoms with van der Waals surface area (Å²) in [5.74, 6) is 0. The minimum absolute atomic E-state index is 0.0280. The predicted molar refractivity (Wildman–Crippen MR) is 97.7 cm³/mol. The van der Waals surface area contributed by atoms with Crippen LogP contribution in [0.4, 0.5) is 4.79 Å². The van der Waals surface area contributed by atoms with Crippen LogP contribution in [0.2, 0.25) is 0 Å². The summed E-state index contributed by atoms with van der Waals surface area (Å²) in [6.45, 7) is 12.4. The number of carbonyl (C=O) groups is 1. The van der Waals surface area contributed by atoms with Gasteiger partial charge in [0.2, 0.25) is 0 Å².